The van der Waals surface area contributed by atoms with E-state index in [0.717, 1.165) is 12.1 Å². The number of aromatic nitrogens is 3. The summed E-state index contributed by atoms with van der Waals surface area (Å²) in [7, 11) is 0. The van der Waals surface area contributed by atoms with Gasteiger partial charge in [0.2, 0.25) is 0 Å². The van der Waals surface area contributed by atoms with Gasteiger partial charge < -0.3 is 10.2 Å². The van der Waals surface area contributed by atoms with Gasteiger partial charge in [0.15, 0.2) is 0 Å². The first-order valence-electron chi connectivity index (χ1n) is 9.46. The molecule has 1 aromatic carbocycles. The molecule has 1 aliphatic heterocycles. The largest absolute Gasteiger partial charge is 0.416 e. The van der Waals surface area contributed by atoms with Crippen LogP contribution in [-0.4, -0.2) is 33.1 Å². The van der Waals surface area contributed by atoms with Gasteiger partial charge in [0, 0.05) is 18.4 Å². The molecule has 3 heterocycles. The predicted molar refractivity (Wildman–Crippen MR) is 107 cm³/mol. The van der Waals surface area contributed by atoms with E-state index in [9.17, 15) is 22.8 Å². The van der Waals surface area contributed by atoms with Gasteiger partial charge in [-0.25, -0.2) is 0 Å². The highest BCUT2D eigenvalue weighted by Crippen LogP contribution is 2.33. The Balaban J connectivity index is 1.66. The van der Waals surface area contributed by atoms with Gasteiger partial charge in [-0.1, -0.05) is 0 Å². The minimum atomic E-state index is -4.47. The Hall–Kier alpha value is -3.69. The summed E-state index contributed by atoms with van der Waals surface area (Å²) in [5.41, 5.74) is 0.790. The van der Waals surface area contributed by atoms with Crippen LogP contribution >= 0.6 is 0 Å². The molecule has 7 nitrogen and oxygen atoms in total. The standard InChI is InChI=1S/C21H18F3N5O2/c1-12-11-28(15-7-5-14(6-8-15)21(22,23)24)20(31)18-16(10-26-29(12)18)19(30)27-17-4-3-9-25-13(17)2/h3-10,12H,11H2,1-2H3,(H,27,30)/t12-/m0/s1. The number of aryl methyl sites for hydroxylation is 1. The van der Waals surface area contributed by atoms with Crippen LogP contribution in [0.3, 0.4) is 0 Å². The van der Waals surface area contributed by atoms with E-state index in [4.69, 9.17) is 0 Å². The van der Waals surface area contributed by atoms with Crippen LogP contribution in [0, 0.1) is 6.92 Å². The topological polar surface area (TPSA) is 80.1 Å². The number of nitrogens with one attached hydrogen (secondary N) is 1. The van der Waals surface area contributed by atoms with Crippen LogP contribution in [0.25, 0.3) is 0 Å². The Labute approximate surface area is 175 Å². The van der Waals surface area contributed by atoms with Crippen molar-refractivity contribution in [2.24, 2.45) is 0 Å². The van der Waals surface area contributed by atoms with Gasteiger partial charge >= 0.3 is 6.18 Å². The molecule has 4 rings (SSSR count). The van der Waals surface area contributed by atoms with Crippen molar-refractivity contribution in [3.63, 3.8) is 0 Å². The number of carbonyl (C=O) groups excluding carboxylic acids is 2. The zero-order valence-electron chi connectivity index (χ0n) is 16.6. The molecule has 0 spiro atoms. The molecule has 2 aromatic heterocycles. The number of nitrogens with zero attached hydrogens (tertiary/aromatic N) is 4. The SMILES string of the molecule is Cc1ncccc1NC(=O)c1cnn2c1C(=O)N(c1ccc(C(F)(F)F)cc1)C[C@@H]2C. The van der Waals surface area contributed by atoms with Crippen LogP contribution in [0.4, 0.5) is 24.5 Å². The van der Waals surface area contributed by atoms with Crippen molar-refractivity contribution in [2.45, 2.75) is 26.1 Å². The molecule has 3 aromatic rings. The summed E-state index contributed by atoms with van der Waals surface area (Å²) >= 11 is 0. The van der Waals surface area contributed by atoms with Gasteiger partial charge in [0.05, 0.1) is 34.7 Å². The average Bonchev–Trinajstić information content (AvgIpc) is 3.18. The summed E-state index contributed by atoms with van der Waals surface area (Å²) in [6.07, 6.45) is -1.55. The van der Waals surface area contributed by atoms with Crippen molar-refractivity contribution in [2.75, 3.05) is 16.8 Å². The molecule has 0 fully saturated rings. The Kier molecular flexibility index (Phi) is 5.00. The molecule has 1 aliphatic rings. The van der Waals surface area contributed by atoms with E-state index >= 15 is 0 Å². The lowest BCUT2D eigenvalue weighted by atomic mass is 10.1. The van der Waals surface area contributed by atoms with Crippen molar-refractivity contribution in [1.29, 1.82) is 0 Å². The van der Waals surface area contributed by atoms with Gasteiger partial charge in [-0.2, -0.15) is 18.3 Å². The van der Waals surface area contributed by atoms with E-state index in [1.54, 1.807) is 25.3 Å². The maximum Gasteiger partial charge on any atom is 0.416 e. The lowest BCUT2D eigenvalue weighted by Gasteiger charge is -2.32. The zero-order chi connectivity index (χ0) is 22.3. The zero-order valence-corrected chi connectivity index (χ0v) is 16.6. The summed E-state index contributed by atoms with van der Waals surface area (Å²) in [4.78, 5) is 31.5. The number of halogens is 3. The number of fused-ring (bicyclic) bond motifs is 1. The Morgan fingerprint density at radius 1 is 1.19 bits per heavy atom. The van der Waals surface area contributed by atoms with Crippen LogP contribution < -0.4 is 10.2 Å². The highest BCUT2D eigenvalue weighted by Gasteiger charge is 2.36. The molecule has 10 heteroatoms. The van der Waals surface area contributed by atoms with Crippen LogP contribution in [0.15, 0.2) is 48.8 Å². The van der Waals surface area contributed by atoms with E-state index in [0.29, 0.717) is 17.1 Å². The molecule has 0 unspecified atom stereocenters. The molecule has 0 saturated heterocycles. The second-order valence-corrected chi connectivity index (χ2v) is 7.25. The number of benzene rings is 1. The number of carbonyl (C=O) groups is 2. The number of rotatable bonds is 3. The van der Waals surface area contributed by atoms with Crippen molar-refractivity contribution in [1.82, 2.24) is 14.8 Å². The quantitative estimate of drug-likeness (QED) is 0.681. The van der Waals surface area contributed by atoms with Crippen LogP contribution in [-0.2, 0) is 6.18 Å². The molecule has 2 amide bonds. The van der Waals surface area contributed by atoms with Gasteiger partial charge in [0.1, 0.15) is 5.69 Å². The first kappa shape index (κ1) is 20.6. The molecule has 0 aliphatic carbocycles. The van der Waals surface area contributed by atoms with Crippen molar-refractivity contribution < 1.29 is 22.8 Å². The van der Waals surface area contributed by atoms with E-state index in [1.807, 2.05) is 6.92 Å². The third-order valence-electron chi connectivity index (χ3n) is 5.11. The highest BCUT2D eigenvalue weighted by molar-refractivity contribution is 6.15. The van der Waals surface area contributed by atoms with Gasteiger partial charge in [-0.3, -0.25) is 19.3 Å². The Morgan fingerprint density at radius 3 is 2.55 bits per heavy atom. The summed E-state index contributed by atoms with van der Waals surface area (Å²) in [5, 5.41) is 6.92. The first-order chi connectivity index (χ1) is 14.7. The van der Waals surface area contributed by atoms with Crippen LogP contribution in [0.1, 0.15) is 45.1 Å². The van der Waals surface area contributed by atoms with Crippen molar-refractivity contribution in [3.8, 4) is 0 Å². The smallest absolute Gasteiger partial charge is 0.320 e. The van der Waals surface area contributed by atoms with Gasteiger partial charge in [-0.05, 0) is 50.2 Å². The number of hydrogen-bond acceptors (Lipinski definition) is 4. The molecule has 31 heavy (non-hydrogen) atoms. The fourth-order valence-corrected chi connectivity index (χ4v) is 3.49. The third kappa shape index (κ3) is 3.76. The first-order valence-corrected chi connectivity index (χ1v) is 9.46. The number of alkyl halides is 3. The summed E-state index contributed by atoms with van der Waals surface area (Å²) in [6, 6.07) is 7.44. The molecule has 0 radical (unpaired) electrons. The minimum absolute atomic E-state index is 0.0803. The fraction of sp³-hybridized carbons (Fsp3) is 0.238. The number of anilines is 2. The Bertz CT molecular complexity index is 1150. The number of hydrogen-bond donors (Lipinski definition) is 1. The number of pyridine rings is 1. The molecule has 0 bridgehead atoms. The normalized spacial score (nSPS) is 16.2. The maximum atomic E-state index is 13.2. The molecular formula is C21H18F3N5O2. The highest BCUT2D eigenvalue weighted by atomic mass is 19.4. The van der Waals surface area contributed by atoms with Crippen molar-refractivity contribution in [3.05, 3.63) is 71.3 Å². The van der Waals surface area contributed by atoms with Crippen molar-refractivity contribution >= 4 is 23.2 Å². The lowest BCUT2D eigenvalue weighted by Crippen LogP contribution is -2.43. The molecule has 1 N–H and O–H groups in total. The second-order valence-electron chi connectivity index (χ2n) is 7.25. The molecule has 0 saturated carbocycles. The van der Waals surface area contributed by atoms with E-state index in [2.05, 4.69) is 15.4 Å². The predicted octanol–water partition coefficient (Wildman–Crippen LogP) is 4.08. The molecular weight excluding hydrogens is 411 g/mol. The minimum Gasteiger partial charge on any atom is -0.320 e. The Morgan fingerprint density at radius 2 is 1.90 bits per heavy atom. The van der Waals surface area contributed by atoms with E-state index in [-0.39, 0.29) is 23.8 Å². The van der Waals surface area contributed by atoms with Crippen LogP contribution in [0.5, 0.6) is 0 Å². The van der Waals surface area contributed by atoms with E-state index in [1.165, 1.54) is 27.9 Å². The summed E-state index contributed by atoms with van der Waals surface area (Å²) in [5.74, 6) is -1.03. The molecule has 160 valence electrons. The van der Waals surface area contributed by atoms with Gasteiger partial charge in [-0.15, -0.1) is 0 Å². The van der Waals surface area contributed by atoms with Gasteiger partial charge in [0.25, 0.3) is 11.8 Å². The fourth-order valence-electron chi connectivity index (χ4n) is 3.49. The summed E-state index contributed by atoms with van der Waals surface area (Å²) < 4.78 is 40.1. The monoisotopic (exact) mass is 429 g/mol. The molecule has 1 atom stereocenters. The van der Waals surface area contributed by atoms with E-state index < -0.39 is 23.6 Å². The number of amides is 2. The third-order valence-corrected chi connectivity index (χ3v) is 5.11. The summed E-state index contributed by atoms with van der Waals surface area (Å²) in [6.45, 7) is 3.76. The second kappa shape index (κ2) is 7.53. The maximum absolute atomic E-state index is 13.2. The van der Waals surface area contributed by atoms with Crippen LogP contribution in [0.2, 0.25) is 0 Å². The lowest BCUT2D eigenvalue weighted by molar-refractivity contribution is -0.137. The average molecular weight is 429 g/mol.